The number of hydrogen-bond donors (Lipinski definition) is 3. The Balaban J connectivity index is 1.34. The third-order valence-electron chi connectivity index (χ3n) is 7.19. The maximum absolute atomic E-state index is 6.58. The zero-order chi connectivity index (χ0) is 25.1. The van der Waals surface area contributed by atoms with E-state index in [0.717, 1.165) is 35.2 Å². The van der Waals surface area contributed by atoms with E-state index in [1.807, 2.05) is 24.3 Å². The summed E-state index contributed by atoms with van der Waals surface area (Å²) in [6.07, 6.45) is 3.36. The van der Waals surface area contributed by atoms with Crippen molar-refractivity contribution in [3.05, 3.63) is 88.5 Å². The molecular weight excluding hydrogens is 446 g/mol. The van der Waals surface area contributed by atoms with Gasteiger partial charge >= 0.3 is 0 Å². The summed E-state index contributed by atoms with van der Waals surface area (Å²) in [4.78, 5) is 7.38. The van der Waals surface area contributed by atoms with E-state index in [2.05, 4.69) is 53.5 Å². The van der Waals surface area contributed by atoms with Crippen molar-refractivity contribution in [1.82, 2.24) is 9.88 Å². The fourth-order valence-corrected chi connectivity index (χ4v) is 5.09. The van der Waals surface area contributed by atoms with Crippen LogP contribution in [0.25, 0.3) is 10.9 Å². The van der Waals surface area contributed by atoms with Crippen molar-refractivity contribution < 1.29 is 4.74 Å². The van der Waals surface area contributed by atoms with Gasteiger partial charge in [-0.15, -0.1) is 0 Å². The molecule has 6 nitrogen and oxygen atoms in total. The van der Waals surface area contributed by atoms with Crippen LogP contribution in [0.3, 0.4) is 0 Å². The van der Waals surface area contributed by atoms with Gasteiger partial charge in [0.1, 0.15) is 5.75 Å². The smallest absolute Gasteiger partial charge is 0.152 e. The van der Waals surface area contributed by atoms with E-state index in [-0.39, 0.29) is 0 Å². The molecule has 1 aliphatic rings. The van der Waals surface area contributed by atoms with Crippen LogP contribution in [-0.2, 0) is 19.5 Å². The van der Waals surface area contributed by atoms with E-state index >= 15 is 0 Å². The van der Waals surface area contributed by atoms with Crippen LogP contribution in [0, 0.1) is 6.92 Å². The number of nitrogen functional groups attached to an aromatic ring is 2. The van der Waals surface area contributed by atoms with Crippen LogP contribution in [-0.4, -0.2) is 30.1 Å². The van der Waals surface area contributed by atoms with E-state index in [4.69, 9.17) is 21.2 Å². The number of nitrogens with zero attached hydrogens (tertiary/aromatic N) is 2. The van der Waals surface area contributed by atoms with Crippen molar-refractivity contribution in [3.8, 4) is 5.75 Å². The first-order chi connectivity index (χ1) is 17.5. The molecule has 2 heterocycles. The molecule has 4 aromatic rings. The van der Waals surface area contributed by atoms with Crippen molar-refractivity contribution in [2.45, 2.75) is 39.3 Å². The monoisotopic (exact) mass is 481 g/mol. The summed E-state index contributed by atoms with van der Waals surface area (Å²) in [6, 6.07) is 20.9. The molecule has 6 heteroatoms. The first-order valence-corrected chi connectivity index (χ1v) is 12.7. The van der Waals surface area contributed by atoms with Crippen LogP contribution in [0.5, 0.6) is 5.75 Å². The Kier molecular flexibility index (Phi) is 6.96. The number of aryl methyl sites for hydroxylation is 1. The summed E-state index contributed by atoms with van der Waals surface area (Å²) in [6.45, 7) is 6.28. The Morgan fingerprint density at radius 1 is 0.917 bits per heavy atom. The standard InChI is InChI=1S/C30H35N5O/c1-20-16-22(8-11-24(20)19-35-14-3-4-15-35)18-33-30-29(32)28(31)27-23(6-5-7-26(27)34-30)17-21-9-12-25(36-2)13-10-21/h5-13,16H,3-4,14-15,17-19,32H2,1-2H3,(H3,31,33,34). The minimum Gasteiger partial charge on any atom is -0.497 e. The number of anilines is 3. The Hall–Kier alpha value is -3.77. The molecule has 1 fully saturated rings. The third-order valence-corrected chi connectivity index (χ3v) is 7.19. The van der Waals surface area contributed by atoms with Crippen LogP contribution in [0.15, 0.2) is 60.7 Å². The van der Waals surface area contributed by atoms with Gasteiger partial charge in [-0.05, 0) is 85.3 Å². The number of fused-ring (bicyclic) bond motifs is 1. The molecule has 0 saturated carbocycles. The summed E-state index contributed by atoms with van der Waals surface area (Å²) >= 11 is 0. The van der Waals surface area contributed by atoms with E-state index in [1.165, 1.54) is 48.2 Å². The molecule has 0 unspecified atom stereocenters. The molecule has 5 rings (SSSR count). The van der Waals surface area contributed by atoms with Crippen LogP contribution in [0.4, 0.5) is 17.2 Å². The molecule has 186 valence electrons. The number of nitrogens with one attached hydrogen (secondary N) is 1. The third kappa shape index (κ3) is 5.09. The summed E-state index contributed by atoms with van der Waals surface area (Å²) in [5.41, 5.74) is 21.2. The lowest BCUT2D eigenvalue weighted by Crippen LogP contribution is -2.19. The normalized spacial score (nSPS) is 13.8. The van der Waals surface area contributed by atoms with Crippen LogP contribution in [0.2, 0.25) is 0 Å². The molecular formula is C30H35N5O. The highest BCUT2D eigenvalue weighted by molar-refractivity contribution is 6.02. The van der Waals surface area contributed by atoms with E-state index in [1.54, 1.807) is 7.11 Å². The molecule has 36 heavy (non-hydrogen) atoms. The second kappa shape index (κ2) is 10.5. The predicted molar refractivity (Wildman–Crippen MR) is 149 cm³/mol. The van der Waals surface area contributed by atoms with E-state index < -0.39 is 0 Å². The Morgan fingerprint density at radius 3 is 2.39 bits per heavy atom. The van der Waals surface area contributed by atoms with Crippen molar-refractivity contribution in [1.29, 1.82) is 0 Å². The summed E-state index contributed by atoms with van der Waals surface area (Å²) in [5, 5.41) is 4.34. The largest absolute Gasteiger partial charge is 0.497 e. The summed E-state index contributed by atoms with van der Waals surface area (Å²) < 4.78 is 5.28. The number of pyridine rings is 1. The van der Waals surface area contributed by atoms with Crippen molar-refractivity contribution >= 4 is 28.1 Å². The van der Waals surface area contributed by atoms with E-state index in [0.29, 0.717) is 23.7 Å². The lowest BCUT2D eigenvalue weighted by atomic mass is 9.99. The molecule has 0 amide bonds. The fourth-order valence-electron chi connectivity index (χ4n) is 5.09. The summed E-state index contributed by atoms with van der Waals surface area (Å²) in [5.74, 6) is 1.47. The highest BCUT2D eigenvalue weighted by atomic mass is 16.5. The average Bonchev–Trinajstić information content (AvgIpc) is 3.40. The number of nitrogens with two attached hydrogens (primary N) is 2. The van der Waals surface area contributed by atoms with Gasteiger partial charge in [0.25, 0.3) is 0 Å². The number of aromatic nitrogens is 1. The highest BCUT2D eigenvalue weighted by Gasteiger charge is 2.15. The lowest BCUT2D eigenvalue weighted by Gasteiger charge is -2.18. The SMILES string of the molecule is COc1ccc(Cc2cccc3nc(NCc4ccc(CN5CCCC5)c(C)c4)c(N)c(N)c23)cc1. The number of benzene rings is 3. The van der Waals surface area contributed by atoms with Gasteiger partial charge in [0.15, 0.2) is 5.82 Å². The zero-order valence-electron chi connectivity index (χ0n) is 21.2. The van der Waals surface area contributed by atoms with Crippen LogP contribution in [0.1, 0.15) is 40.7 Å². The molecule has 5 N–H and O–H groups in total. The van der Waals surface area contributed by atoms with Gasteiger partial charge < -0.3 is 21.5 Å². The fraction of sp³-hybridized carbons (Fsp3) is 0.300. The molecule has 1 aliphatic heterocycles. The van der Waals surface area contributed by atoms with Gasteiger partial charge in [-0.2, -0.15) is 0 Å². The average molecular weight is 482 g/mol. The van der Waals surface area contributed by atoms with Gasteiger partial charge in [-0.3, -0.25) is 4.90 Å². The van der Waals surface area contributed by atoms with Crippen LogP contribution >= 0.6 is 0 Å². The number of likely N-dealkylation sites (tertiary alicyclic amines) is 1. The van der Waals surface area contributed by atoms with Gasteiger partial charge in [0, 0.05) is 18.5 Å². The minimum absolute atomic E-state index is 0.493. The molecule has 0 atom stereocenters. The summed E-state index contributed by atoms with van der Waals surface area (Å²) in [7, 11) is 1.67. The van der Waals surface area contributed by atoms with E-state index in [9.17, 15) is 0 Å². The second-order valence-corrected chi connectivity index (χ2v) is 9.72. The zero-order valence-corrected chi connectivity index (χ0v) is 21.2. The Labute approximate surface area is 213 Å². The number of hydrogen-bond acceptors (Lipinski definition) is 6. The first-order valence-electron chi connectivity index (χ1n) is 12.7. The molecule has 0 spiro atoms. The van der Waals surface area contributed by atoms with Gasteiger partial charge in [-0.1, -0.05) is 42.5 Å². The van der Waals surface area contributed by atoms with Crippen molar-refractivity contribution in [2.24, 2.45) is 0 Å². The second-order valence-electron chi connectivity index (χ2n) is 9.72. The lowest BCUT2D eigenvalue weighted by molar-refractivity contribution is 0.330. The Morgan fingerprint density at radius 2 is 1.67 bits per heavy atom. The van der Waals surface area contributed by atoms with Gasteiger partial charge in [-0.25, -0.2) is 4.98 Å². The number of rotatable bonds is 8. The Bertz CT molecular complexity index is 1360. The van der Waals surface area contributed by atoms with Gasteiger partial charge in [0.2, 0.25) is 0 Å². The van der Waals surface area contributed by atoms with Crippen molar-refractivity contribution in [3.63, 3.8) is 0 Å². The highest BCUT2D eigenvalue weighted by Crippen LogP contribution is 2.34. The topological polar surface area (TPSA) is 89.4 Å². The molecule has 0 aliphatic carbocycles. The predicted octanol–water partition coefficient (Wildman–Crippen LogP) is 5.51. The van der Waals surface area contributed by atoms with Gasteiger partial charge in [0.05, 0.1) is 24.0 Å². The maximum atomic E-state index is 6.58. The molecule has 3 aromatic carbocycles. The van der Waals surface area contributed by atoms with Crippen molar-refractivity contribution in [2.75, 3.05) is 37.0 Å². The molecule has 0 radical (unpaired) electrons. The van der Waals surface area contributed by atoms with Crippen LogP contribution < -0.4 is 21.5 Å². The number of methoxy groups -OCH3 is 1. The minimum atomic E-state index is 0.493. The molecule has 0 bridgehead atoms. The first kappa shape index (κ1) is 23.9. The maximum Gasteiger partial charge on any atom is 0.152 e. The molecule has 1 saturated heterocycles. The quantitative estimate of drug-likeness (QED) is 0.307. The molecule has 1 aromatic heterocycles. The number of ether oxygens (including phenoxy) is 1.